The molecule has 1 aliphatic heterocycles. The molecule has 2 heterocycles. The van der Waals surface area contributed by atoms with Crippen molar-refractivity contribution in [1.29, 1.82) is 0 Å². The molecule has 3 rings (SSSR count). The fraction of sp³-hybridized carbons (Fsp3) is 0.474. The number of piperazine rings is 1. The summed E-state index contributed by atoms with van der Waals surface area (Å²) in [6.45, 7) is 3.36. The van der Waals surface area contributed by atoms with Gasteiger partial charge in [0.1, 0.15) is 6.04 Å². The van der Waals surface area contributed by atoms with Crippen LogP contribution in [0.4, 0.5) is 13.2 Å². The molecule has 0 aliphatic carbocycles. The molecular formula is C19H25ClF3N5O. The normalized spacial score (nSPS) is 16.1. The monoisotopic (exact) mass is 431 g/mol. The number of amides is 1. The number of alkyl halides is 3. The number of aromatic nitrogens is 2. The minimum absolute atomic E-state index is 0. The summed E-state index contributed by atoms with van der Waals surface area (Å²) in [6.07, 6.45) is -3.00. The molecule has 0 bridgehead atoms. The molecular weight excluding hydrogens is 407 g/mol. The summed E-state index contributed by atoms with van der Waals surface area (Å²) in [5, 5.41) is 9.69. The molecule has 10 heteroatoms. The van der Waals surface area contributed by atoms with E-state index in [1.807, 2.05) is 30.3 Å². The second-order valence-corrected chi connectivity index (χ2v) is 6.84. The van der Waals surface area contributed by atoms with Gasteiger partial charge in [-0.15, -0.1) is 12.4 Å². The molecule has 0 spiro atoms. The molecule has 1 amide bonds. The quantitative estimate of drug-likeness (QED) is 0.736. The lowest BCUT2D eigenvalue weighted by Gasteiger charge is -2.35. The van der Waals surface area contributed by atoms with Crippen LogP contribution in [-0.4, -0.2) is 65.5 Å². The molecule has 2 aromatic rings. The Hall–Kier alpha value is -2.10. The number of nitrogens with one attached hydrogen (secondary N) is 2. The van der Waals surface area contributed by atoms with Crippen molar-refractivity contribution < 1.29 is 18.0 Å². The fourth-order valence-corrected chi connectivity index (χ4v) is 3.32. The first-order valence-corrected chi connectivity index (χ1v) is 9.22. The smallest absolute Gasteiger partial charge is 0.350 e. The Kier molecular flexibility index (Phi) is 8.06. The SMILES string of the molecule is Cc1c(C(=O)NCC(N2CCNCC2)C(F)(F)F)cnn1Cc1ccccc1.Cl. The van der Waals surface area contributed by atoms with Gasteiger partial charge in [0.2, 0.25) is 0 Å². The molecule has 2 N–H and O–H groups in total. The minimum Gasteiger partial charge on any atom is -0.350 e. The van der Waals surface area contributed by atoms with E-state index in [1.165, 1.54) is 11.1 Å². The molecule has 0 saturated carbocycles. The van der Waals surface area contributed by atoms with Crippen molar-refractivity contribution in [1.82, 2.24) is 25.3 Å². The summed E-state index contributed by atoms with van der Waals surface area (Å²) in [6, 6.07) is 7.93. The summed E-state index contributed by atoms with van der Waals surface area (Å²) in [5.74, 6) is -0.541. The van der Waals surface area contributed by atoms with Gasteiger partial charge in [0.15, 0.2) is 0 Å². The van der Waals surface area contributed by atoms with E-state index in [1.54, 1.807) is 11.6 Å². The van der Waals surface area contributed by atoms with E-state index in [2.05, 4.69) is 15.7 Å². The number of rotatable bonds is 6. The van der Waals surface area contributed by atoms with Gasteiger partial charge >= 0.3 is 6.18 Å². The average molecular weight is 432 g/mol. The number of carbonyl (C=O) groups excluding carboxylic acids is 1. The lowest BCUT2D eigenvalue weighted by molar-refractivity contribution is -0.183. The van der Waals surface area contributed by atoms with Crippen molar-refractivity contribution >= 4 is 18.3 Å². The van der Waals surface area contributed by atoms with E-state index in [-0.39, 0.29) is 18.0 Å². The van der Waals surface area contributed by atoms with E-state index in [9.17, 15) is 18.0 Å². The summed E-state index contributed by atoms with van der Waals surface area (Å²) in [7, 11) is 0. The second kappa shape index (κ2) is 10.1. The van der Waals surface area contributed by atoms with Crippen molar-refractivity contribution in [3.05, 3.63) is 53.3 Å². The molecule has 6 nitrogen and oxygen atoms in total. The van der Waals surface area contributed by atoms with Crippen molar-refractivity contribution in [3.8, 4) is 0 Å². The molecule has 1 unspecified atom stereocenters. The van der Waals surface area contributed by atoms with Gasteiger partial charge in [0.05, 0.1) is 18.3 Å². The molecule has 1 aromatic heterocycles. The first-order chi connectivity index (χ1) is 13.4. The summed E-state index contributed by atoms with van der Waals surface area (Å²) < 4.78 is 42.0. The minimum atomic E-state index is -4.41. The molecule has 0 radical (unpaired) electrons. The topological polar surface area (TPSA) is 62.2 Å². The highest BCUT2D eigenvalue weighted by molar-refractivity contribution is 5.95. The van der Waals surface area contributed by atoms with Crippen LogP contribution in [-0.2, 0) is 6.54 Å². The Balaban J connectivity index is 0.00000300. The van der Waals surface area contributed by atoms with Gasteiger partial charge in [0.25, 0.3) is 5.91 Å². The zero-order valence-corrected chi connectivity index (χ0v) is 16.9. The van der Waals surface area contributed by atoms with Gasteiger partial charge in [-0.25, -0.2) is 0 Å². The molecule has 29 heavy (non-hydrogen) atoms. The van der Waals surface area contributed by atoms with Crippen LogP contribution in [0.5, 0.6) is 0 Å². The summed E-state index contributed by atoms with van der Waals surface area (Å²) in [5.41, 5.74) is 1.93. The Morgan fingerprint density at radius 2 is 1.90 bits per heavy atom. The number of carbonyl (C=O) groups is 1. The van der Waals surface area contributed by atoms with Crippen LogP contribution in [0.15, 0.2) is 36.5 Å². The highest BCUT2D eigenvalue weighted by Gasteiger charge is 2.43. The maximum absolute atomic E-state index is 13.5. The number of benzene rings is 1. The third kappa shape index (κ3) is 5.94. The van der Waals surface area contributed by atoms with E-state index >= 15 is 0 Å². The Morgan fingerprint density at radius 3 is 2.52 bits per heavy atom. The van der Waals surface area contributed by atoms with Crippen molar-refractivity contribution in [2.45, 2.75) is 25.7 Å². The van der Waals surface area contributed by atoms with E-state index in [0.717, 1.165) is 5.56 Å². The first-order valence-electron chi connectivity index (χ1n) is 9.22. The Labute approximate surface area is 173 Å². The Morgan fingerprint density at radius 1 is 1.24 bits per heavy atom. The third-order valence-electron chi connectivity index (χ3n) is 4.95. The third-order valence-corrected chi connectivity index (χ3v) is 4.95. The number of nitrogens with zero attached hydrogens (tertiary/aromatic N) is 3. The number of hydrogen-bond acceptors (Lipinski definition) is 4. The van der Waals surface area contributed by atoms with Gasteiger partial charge in [-0.2, -0.15) is 18.3 Å². The Bertz CT molecular complexity index is 791. The first kappa shape index (κ1) is 23.2. The van der Waals surface area contributed by atoms with Crippen LogP contribution < -0.4 is 10.6 Å². The van der Waals surface area contributed by atoms with Crippen molar-refractivity contribution in [2.24, 2.45) is 0 Å². The zero-order valence-electron chi connectivity index (χ0n) is 16.1. The molecule has 160 valence electrons. The van der Waals surface area contributed by atoms with E-state index < -0.39 is 24.7 Å². The summed E-state index contributed by atoms with van der Waals surface area (Å²) in [4.78, 5) is 13.8. The summed E-state index contributed by atoms with van der Waals surface area (Å²) >= 11 is 0. The van der Waals surface area contributed by atoms with Gasteiger partial charge in [-0.1, -0.05) is 30.3 Å². The van der Waals surface area contributed by atoms with Gasteiger partial charge in [0, 0.05) is 38.4 Å². The lowest BCUT2D eigenvalue weighted by atomic mass is 10.2. The average Bonchev–Trinajstić information content (AvgIpc) is 3.03. The van der Waals surface area contributed by atoms with E-state index in [0.29, 0.717) is 38.4 Å². The van der Waals surface area contributed by atoms with E-state index in [4.69, 9.17) is 0 Å². The van der Waals surface area contributed by atoms with Crippen LogP contribution >= 0.6 is 12.4 Å². The van der Waals surface area contributed by atoms with Gasteiger partial charge in [-0.3, -0.25) is 14.4 Å². The van der Waals surface area contributed by atoms with Gasteiger partial charge < -0.3 is 10.6 Å². The maximum atomic E-state index is 13.5. The molecule has 1 saturated heterocycles. The highest BCUT2D eigenvalue weighted by Crippen LogP contribution is 2.25. The lowest BCUT2D eigenvalue weighted by Crippen LogP contribution is -2.57. The van der Waals surface area contributed by atoms with Crippen molar-refractivity contribution in [2.75, 3.05) is 32.7 Å². The van der Waals surface area contributed by atoms with Crippen LogP contribution in [0.1, 0.15) is 21.6 Å². The predicted octanol–water partition coefficient (Wildman–Crippen LogP) is 2.23. The number of halogens is 4. The van der Waals surface area contributed by atoms with Crippen LogP contribution in [0.2, 0.25) is 0 Å². The van der Waals surface area contributed by atoms with Crippen molar-refractivity contribution in [3.63, 3.8) is 0 Å². The molecule has 1 fully saturated rings. The van der Waals surface area contributed by atoms with Gasteiger partial charge in [-0.05, 0) is 12.5 Å². The fourth-order valence-electron chi connectivity index (χ4n) is 3.32. The standard InChI is InChI=1S/C19H24F3N5O.ClH/c1-14-16(11-25-27(14)13-15-5-3-2-4-6-15)18(28)24-12-17(19(20,21)22)26-9-7-23-8-10-26;/h2-6,11,17,23H,7-10,12-13H2,1H3,(H,24,28);1H. The zero-order chi connectivity index (χ0) is 20.1. The highest BCUT2D eigenvalue weighted by atomic mass is 35.5. The maximum Gasteiger partial charge on any atom is 0.405 e. The molecule has 1 atom stereocenters. The van der Waals surface area contributed by atoms with Crippen LogP contribution in [0.25, 0.3) is 0 Å². The largest absolute Gasteiger partial charge is 0.405 e. The molecule has 1 aliphatic rings. The van der Waals surface area contributed by atoms with Crippen LogP contribution in [0.3, 0.4) is 0 Å². The number of hydrogen-bond donors (Lipinski definition) is 2. The second-order valence-electron chi connectivity index (χ2n) is 6.84. The van der Waals surface area contributed by atoms with Crippen LogP contribution in [0, 0.1) is 6.92 Å². The molecule has 1 aromatic carbocycles. The predicted molar refractivity (Wildman–Crippen MR) is 106 cm³/mol.